The minimum Gasteiger partial charge on any atom is -0.494 e. The van der Waals surface area contributed by atoms with Crippen LogP contribution in [0.15, 0.2) is 73.6 Å². The average Bonchev–Trinajstić information content (AvgIpc) is 2.99. The van der Waals surface area contributed by atoms with Gasteiger partial charge in [-0.15, -0.1) is 6.58 Å². The van der Waals surface area contributed by atoms with Gasteiger partial charge in [-0.3, -0.25) is 0 Å². The molecule has 3 rings (SSSR count). The summed E-state index contributed by atoms with van der Waals surface area (Å²) in [7, 11) is 0. The molecule has 1 atom stereocenters. The van der Waals surface area contributed by atoms with Crippen LogP contribution in [0.2, 0.25) is 0 Å². The molecular weight excluding hydrogens is 496 g/mol. The van der Waals surface area contributed by atoms with Gasteiger partial charge in [0.1, 0.15) is 5.75 Å². The third kappa shape index (κ3) is 11.3. The molecule has 1 aromatic heterocycles. The van der Waals surface area contributed by atoms with Crippen molar-refractivity contribution in [1.29, 1.82) is 0 Å². The van der Waals surface area contributed by atoms with Crippen LogP contribution in [-0.2, 0) is 6.42 Å². The summed E-state index contributed by atoms with van der Waals surface area (Å²) in [5.41, 5.74) is 3.39. The monoisotopic (exact) mass is 542 g/mol. The first-order chi connectivity index (χ1) is 19.6. The lowest BCUT2D eigenvalue weighted by atomic mass is 10.0. The number of carbonyl (C=O) groups excluding carboxylic acids is 1. The Morgan fingerprint density at radius 1 is 0.875 bits per heavy atom. The summed E-state index contributed by atoms with van der Waals surface area (Å²) in [6.45, 7) is 9.00. The van der Waals surface area contributed by atoms with Gasteiger partial charge in [-0.25, -0.2) is 14.8 Å². The van der Waals surface area contributed by atoms with E-state index in [-0.39, 0.29) is 5.88 Å². The number of benzene rings is 2. The molecule has 0 aliphatic heterocycles. The number of rotatable bonds is 19. The van der Waals surface area contributed by atoms with Gasteiger partial charge in [0.15, 0.2) is 0 Å². The van der Waals surface area contributed by atoms with Crippen LogP contribution < -0.4 is 9.47 Å². The molecule has 2 aromatic carbocycles. The van der Waals surface area contributed by atoms with Crippen LogP contribution in [0.5, 0.6) is 11.6 Å². The zero-order chi connectivity index (χ0) is 28.4. The average molecular weight is 543 g/mol. The van der Waals surface area contributed by atoms with Crippen LogP contribution in [0.25, 0.3) is 11.3 Å². The summed E-state index contributed by atoms with van der Waals surface area (Å²) < 4.78 is 11.3. The highest BCUT2D eigenvalue weighted by atomic mass is 16.5. The first kappa shape index (κ1) is 31.1. The van der Waals surface area contributed by atoms with E-state index in [0.717, 1.165) is 43.1 Å². The van der Waals surface area contributed by atoms with Gasteiger partial charge in [0.25, 0.3) is 0 Å². The van der Waals surface area contributed by atoms with E-state index in [1.807, 2.05) is 54.6 Å². The normalized spacial score (nSPS) is 11.7. The zero-order valence-corrected chi connectivity index (χ0v) is 24.4. The Morgan fingerprint density at radius 3 is 2.23 bits per heavy atom. The molecule has 0 radical (unpaired) electrons. The van der Waals surface area contributed by atoms with Gasteiger partial charge in [-0.2, -0.15) is 0 Å². The number of ether oxygens (including phenoxy) is 2. The molecule has 0 fully saturated rings. The Bertz CT molecular complexity index is 1120. The molecule has 3 aromatic rings. The molecule has 5 heteroatoms. The van der Waals surface area contributed by atoms with Crippen molar-refractivity contribution in [3.63, 3.8) is 0 Å². The molecule has 214 valence electrons. The second-order valence-corrected chi connectivity index (χ2v) is 10.7. The Kier molecular flexibility index (Phi) is 14.0. The molecule has 5 nitrogen and oxygen atoms in total. The molecule has 0 bridgehead atoms. The maximum absolute atomic E-state index is 12.6. The molecule has 0 aliphatic rings. The van der Waals surface area contributed by atoms with Gasteiger partial charge in [0.05, 0.1) is 30.3 Å². The minimum absolute atomic E-state index is 0.184. The standard InChI is InChI=1S/C35H46N2O3/c1-4-6-7-8-9-10-11-12-13-16-29-17-19-31(20-18-29)35(38)40-34-27-36-33(26-37-34)30-21-23-32(24-22-30)39-25-14-15-28(3)5-2/h4,17-24,26-28H,1,5-16,25H2,2-3H3. The van der Waals surface area contributed by atoms with Gasteiger partial charge in [-0.1, -0.05) is 70.6 Å². The lowest BCUT2D eigenvalue weighted by molar-refractivity contribution is 0.0727. The first-order valence-corrected chi connectivity index (χ1v) is 15.1. The fourth-order valence-corrected chi connectivity index (χ4v) is 4.53. The number of hydrogen-bond acceptors (Lipinski definition) is 5. The van der Waals surface area contributed by atoms with Crippen molar-refractivity contribution in [3.8, 4) is 22.9 Å². The topological polar surface area (TPSA) is 61.3 Å². The number of hydrogen-bond donors (Lipinski definition) is 0. The number of allylic oxidation sites excluding steroid dienone is 1. The summed E-state index contributed by atoms with van der Waals surface area (Å²) >= 11 is 0. The maximum Gasteiger partial charge on any atom is 0.344 e. The summed E-state index contributed by atoms with van der Waals surface area (Å²) in [6, 6.07) is 15.5. The summed E-state index contributed by atoms with van der Waals surface area (Å²) in [5, 5.41) is 0. The van der Waals surface area contributed by atoms with Crippen molar-refractivity contribution in [1.82, 2.24) is 9.97 Å². The maximum atomic E-state index is 12.6. The van der Waals surface area contributed by atoms with Crippen LogP contribution in [0.4, 0.5) is 0 Å². The van der Waals surface area contributed by atoms with Crippen LogP contribution >= 0.6 is 0 Å². The quantitative estimate of drug-likeness (QED) is 0.0857. The van der Waals surface area contributed by atoms with Gasteiger partial charge in [0, 0.05) is 5.56 Å². The summed E-state index contributed by atoms with van der Waals surface area (Å²) in [4.78, 5) is 21.3. The predicted octanol–water partition coefficient (Wildman–Crippen LogP) is 9.42. The van der Waals surface area contributed by atoms with E-state index in [2.05, 4.69) is 30.4 Å². The highest BCUT2D eigenvalue weighted by Gasteiger charge is 2.11. The van der Waals surface area contributed by atoms with Crippen LogP contribution in [0.3, 0.4) is 0 Å². The first-order valence-electron chi connectivity index (χ1n) is 15.1. The number of nitrogens with zero attached hydrogens (tertiary/aromatic N) is 2. The van der Waals surface area contributed by atoms with Crippen molar-refractivity contribution in [2.45, 2.75) is 90.9 Å². The highest BCUT2D eigenvalue weighted by molar-refractivity contribution is 5.90. The van der Waals surface area contributed by atoms with E-state index >= 15 is 0 Å². The SMILES string of the molecule is C=CCCCCCCCCCc1ccc(C(=O)Oc2cnc(-c3ccc(OCCCC(C)CC)cc3)cn2)cc1. The summed E-state index contributed by atoms with van der Waals surface area (Å²) in [5.74, 6) is 1.34. The van der Waals surface area contributed by atoms with Gasteiger partial charge in [0.2, 0.25) is 5.88 Å². The number of aromatic nitrogens is 2. The lowest BCUT2D eigenvalue weighted by Gasteiger charge is -2.10. The Balaban J connectivity index is 1.38. The van der Waals surface area contributed by atoms with E-state index in [4.69, 9.17) is 9.47 Å². The molecule has 0 amide bonds. The molecule has 0 saturated carbocycles. The second-order valence-electron chi connectivity index (χ2n) is 10.7. The molecule has 0 spiro atoms. The van der Waals surface area contributed by atoms with Gasteiger partial charge >= 0.3 is 5.97 Å². The van der Waals surface area contributed by atoms with Crippen LogP contribution in [-0.4, -0.2) is 22.5 Å². The zero-order valence-electron chi connectivity index (χ0n) is 24.4. The second kappa shape index (κ2) is 18.0. The molecular formula is C35H46N2O3. The number of carbonyl (C=O) groups is 1. The van der Waals surface area contributed by atoms with Crippen molar-refractivity contribution in [2.24, 2.45) is 5.92 Å². The number of aryl methyl sites for hydroxylation is 1. The van der Waals surface area contributed by atoms with Gasteiger partial charge in [-0.05, 0) is 86.4 Å². The lowest BCUT2D eigenvalue weighted by Crippen LogP contribution is -2.09. The van der Waals surface area contributed by atoms with Crippen LogP contribution in [0, 0.1) is 5.92 Å². The molecule has 0 aliphatic carbocycles. The van der Waals surface area contributed by atoms with Crippen molar-refractivity contribution < 1.29 is 14.3 Å². The van der Waals surface area contributed by atoms with E-state index in [9.17, 15) is 4.79 Å². The smallest absolute Gasteiger partial charge is 0.344 e. The molecule has 1 heterocycles. The third-order valence-corrected chi connectivity index (χ3v) is 7.35. The third-order valence-electron chi connectivity index (χ3n) is 7.35. The Hall–Kier alpha value is -3.47. The fraction of sp³-hybridized carbons (Fsp3) is 0.457. The van der Waals surface area contributed by atoms with Crippen LogP contribution in [0.1, 0.15) is 100 Å². The fourth-order valence-electron chi connectivity index (χ4n) is 4.53. The van der Waals surface area contributed by atoms with E-state index in [0.29, 0.717) is 11.3 Å². The van der Waals surface area contributed by atoms with Crippen molar-refractivity contribution in [3.05, 3.63) is 84.7 Å². The van der Waals surface area contributed by atoms with E-state index < -0.39 is 5.97 Å². The van der Waals surface area contributed by atoms with E-state index in [1.54, 1.807) is 6.20 Å². The Morgan fingerprint density at radius 2 is 1.57 bits per heavy atom. The molecule has 1 unspecified atom stereocenters. The Labute approximate surface area is 241 Å². The minimum atomic E-state index is -0.431. The highest BCUT2D eigenvalue weighted by Crippen LogP contribution is 2.22. The molecule has 0 N–H and O–H groups in total. The predicted molar refractivity (Wildman–Crippen MR) is 164 cm³/mol. The molecule has 40 heavy (non-hydrogen) atoms. The van der Waals surface area contributed by atoms with Crippen molar-refractivity contribution >= 4 is 5.97 Å². The number of unbranched alkanes of at least 4 members (excludes halogenated alkanes) is 7. The number of esters is 1. The van der Waals surface area contributed by atoms with Gasteiger partial charge < -0.3 is 9.47 Å². The van der Waals surface area contributed by atoms with Crippen molar-refractivity contribution in [2.75, 3.05) is 6.61 Å². The summed E-state index contributed by atoms with van der Waals surface area (Å²) in [6.07, 6.45) is 19.6. The van der Waals surface area contributed by atoms with E-state index in [1.165, 1.54) is 69.5 Å². The largest absolute Gasteiger partial charge is 0.494 e. The molecule has 0 saturated heterocycles.